The smallest absolute Gasteiger partial charge is 0.141 e. The van der Waals surface area contributed by atoms with Crippen LogP contribution in [0.3, 0.4) is 0 Å². The summed E-state index contributed by atoms with van der Waals surface area (Å²) in [6, 6.07) is 8.82. The molecular formula is C15H23NO. The van der Waals surface area contributed by atoms with E-state index in [-0.39, 0.29) is 0 Å². The predicted molar refractivity (Wildman–Crippen MR) is 72.7 cm³/mol. The van der Waals surface area contributed by atoms with Crippen LogP contribution in [-0.4, -0.2) is 13.2 Å². The molecule has 0 saturated heterocycles. The Hall–Kier alpha value is -1.18. The zero-order chi connectivity index (χ0) is 11.9. The summed E-state index contributed by atoms with van der Waals surface area (Å²) < 4.78 is 5.38. The first-order valence-electron chi connectivity index (χ1n) is 6.79. The maximum Gasteiger partial charge on any atom is 0.141 e. The first-order valence-corrected chi connectivity index (χ1v) is 6.79. The minimum atomic E-state index is 0.617. The molecule has 2 nitrogen and oxygen atoms in total. The Morgan fingerprint density at radius 1 is 1.00 bits per heavy atom. The third-order valence-corrected chi connectivity index (χ3v) is 3.57. The molecule has 1 aliphatic carbocycles. The van der Waals surface area contributed by atoms with Crippen LogP contribution in [0, 0.1) is 0 Å². The van der Waals surface area contributed by atoms with Crippen LogP contribution in [0.15, 0.2) is 24.3 Å². The molecule has 0 spiro atoms. The molecular weight excluding hydrogens is 210 g/mol. The quantitative estimate of drug-likeness (QED) is 0.844. The van der Waals surface area contributed by atoms with Gasteiger partial charge in [-0.25, -0.2) is 0 Å². The van der Waals surface area contributed by atoms with Crippen molar-refractivity contribution in [3.63, 3.8) is 0 Å². The van der Waals surface area contributed by atoms with Crippen LogP contribution >= 0.6 is 0 Å². The van der Waals surface area contributed by atoms with Crippen molar-refractivity contribution in [2.75, 3.05) is 12.4 Å². The van der Waals surface area contributed by atoms with E-state index in [4.69, 9.17) is 4.74 Å². The van der Waals surface area contributed by atoms with E-state index < -0.39 is 0 Å². The van der Waals surface area contributed by atoms with Gasteiger partial charge in [0.1, 0.15) is 5.75 Å². The fraction of sp³-hybridized carbons (Fsp3) is 0.600. The van der Waals surface area contributed by atoms with Crippen molar-refractivity contribution >= 4 is 5.69 Å². The lowest BCUT2D eigenvalue weighted by molar-refractivity contribution is 0.414. The monoisotopic (exact) mass is 233 g/mol. The van der Waals surface area contributed by atoms with Crippen LogP contribution in [0.25, 0.3) is 0 Å². The average Bonchev–Trinajstić information content (AvgIpc) is 2.33. The molecule has 1 aromatic carbocycles. The number of para-hydroxylation sites is 2. The summed E-state index contributed by atoms with van der Waals surface area (Å²) in [7, 11) is 1.73. The summed E-state index contributed by atoms with van der Waals surface area (Å²) in [6.45, 7) is 0. The van der Waals surface area contributed by atoms with Gasteiger partial charge in [0.25, 0.3) is 0 Å². The largest absolute Gasteiger partial charge is 0.495 e. The van der Waals surface area contributed by atoms with Gasteiger partial charge < -0.3 is 10.1 Å². The van der Waals surface area contributed by atoms with Gasteiger partial charge in [-0.15, -0.1) is 0 Å². The molecule has 0 bridgehead atoms. The molecule has 1 N–H and O–H groups in total. The lowest BCUT2D eigenvalue weighted by atomic mass is 9.96. The highest BCUT2D eigenvalue weighted by Gasteiger charge is 2.12. The zero-order valence-corrected chi connectivity index (χ0v) is 10.7. The Balaban J connectivity index is 1.97. The van der Waals surface area contributed by atoms with Crippen molar-refractivity contribution in [1.82, 2.24) is 0 Å². The molecule has 0 amide bonds. The van der Waals surface area contributed by atoms with Crippen molar-refractivity contribution in [2.45, 2.75) is 51.0 Å². The molecule has 17 heavy (non-hydrogen) atoms. The van der Waals surface area contributed by atoms with Gasteiger partial charge in [0, 0.05) is 6.04 Å². The standard InChI is InChI=1S/C15H23NO/c1-17-15-12-8-7-11-14(15)16-13-9-5-3-2-4-6-10-13/h7-8,11-13,16H,2-6,9-10H2,1H3. The molecule has 2 rings (SSSR count). The summed E-state index contributed by atoms with van der Waals surface area (Å²) in [4.78, 5) is 0. The van der Waals surface area contributed by atoms with Gasteiger partial charge in [-0.3, -0.25) is 0 Å². The fourth-order valence-electron chi connectivity index (χ4n) is 2.58. The minimum absolute atomic E-state index is 0.617. The summed E-state index contributed by atoms with van der Waals surface area (Å²) in [5.74, 6) is 0.953. The van der Waals surface area contributed by atoms with Gasteiger partial charge in [0.15, 0.2) is 0 Å². The second kappa shape index (κ2) is 6.53. The lowest BCUT2D eigenvalue weighted by Gasteiger charge is -2.23. The summed E-state index contributed by atoms with van der Waals surface area (Å²) >= 11 is 0. The third kappa shape index (κ3) is 3.65. The van der Waals surface area contributed by atoms with E-state index in [1.54, 1.807) is 7.11 Å². The summed E-state index contributed by atoms with van der Waals surface area (Å²) in [5, 5.41) is 3.64. The van der Waals surface area contributed by atoms with Gasteiger partial charge in [-0.05, 0) is 25.0 Å². The van der Waals surface area contributed by atoms with E-state index in [2.05, 4.69) is 17.4 Å². The number of methoxy groups -OCH3 is 1. The molecule has 1 aliphatic rings. The number of ether oxygens (including phenoxy) is 1. The van der Waals surface area contributed by atoms with Crippen LogP contribution in [0.2, 0.25) is 0 Å². The molecule has 2 heteroatoms. The van der Waals surface area contributed by atoms with Crippen molar-refractivity contribution < 1.29 is 4.74 Å². The van der Waals surface area contributed by atoms with Crippen LogP contribution < -0.4 is 10.1 Å². The highest BCUT2D eigenvalue weighted by molar-refractivity contribution is 5.56. The van der Waals surface area contributed by atoms with Crippen molar-refractivity contribution in [3.8, 4) is 5.75 Å². The van der Waals surface area contributed by atoms with E-state index in [1.165, 1.54) is 44.9 Å². The second-order valence-electron chi connectivity index (χ2n) is 4.89. The molecule has 0 heterocycles. The molecule has 0 aliphatic heterocycles. The number of hydrogen-bond acceptors (Lipinski definition) is 2. The maximum absolute atomic E-state index is 5.38. The third-order valence-electron chi connectivity index (χ3n) is 3.57. The van der Waals surface area contributed by atoms with Gasteiger partial charge in [-0.1, -0.05) is 44.2 Å². The Morgan fingerprint density at radius 3 is 2.35 bits per heavy atom. The van der Waals surface area contributed by atoms with E-state index >= 15 is 0 Å². The van der Waals surface area contributed by atoms with Gasteiger partial charge in [0.05, 0.1) is 12.8 Å². The summed E-state index contributed by atoms with van der Waals surface area (Å²) in [6.07, 6.45) is 9.49. The first kappa shape index (κ1) is 12.3. The van der Waals surface area contributed by atoms with Crippen molar-refractivity contribution in [2.24, 2.45) is 0 Å². The zero-order valence-electron chi connectivity index (χ0n) is 10.7. The van der Waals surface area contributed by atoms with E-state index in [9.17, 15) is 0 Å². The Bertz CT molecular complexity index is 329. The SMILES string of the molecule is COc1ccccc1NC1CCCCCCC1. The Kier molecular flexibility index (Phi) is 4.72. The van der Waals surface area contributed by atoms with E-state index in [0.29, 0.717) is 6.04 Å². The summed E-state index contributed by atoms with van der Waals surface area (Å²) in [5.41, 5.74) is 1.14. The molecule has 1 aromatic rings. The number of anilines is 1. The first-order chi connectivity index (χ1) is 8.40. The molecule has 0 aromatic heterocycles. The fourth-order valence-corrected chi connectivity index (χ4v) is 2.58. The highest BCUT2D eigenvalue weighted by atomic mass is 16.5. The second-order valence-corrected chi connectivity index (χ2v) is 4.89. The number of hydrogen-bond donors (Lipinski definition) is 1. The molecule has 1 saturated carbocycles. The van der Waals surface area contributed by atoms with Gasteiger partial charge >= 0.3 is 0 Å². The number of nitrogens with one attached hydrogen (secondary N) is 1. The van der Waals surface area contributed by atoms with Gasteiger partial charge in [0.2, 0.25) is 0 Å². The Morgan fingerprint density at radius 2 is 1.65 bits per heavy atom. The maximum atomic E-state index is 5.38. The molecule has 0 radical (unpaired) electrons. The van der Waals surface area contributed by atoms with E-state index in [1.807, 2.05) is 12.1 Å². The molecule has 0 unspecified atom stereocenters. The van der Waals surface area contributed by atoms with Crippen LogP contribution in [0.4, 0.5) is 5.69 Å². The Labute approximate surface area is 104 Å². The van der Waals surface area contributed by atoms with Crippen LogP contribution in [-0.2, 0) is 0 Å². The predicted octanol–water partition coefficient (Wildman–Crippen LogP) is 4.22. The van der Waals surface area contributed by atoms with Crippen LogP contribution in [0.5, 0.6) is 5.75 Å². The minimum Gasteiger partial charge on any atom is -0.495 e. The topological polar surface area (TPSA) is 21.3 Å². The molecule has 94 valence electrons. The van der Waals surface area contributed by atoms with Gasteiger partial charge in [-0.2, -0.15) is 0 Å². The van der Waals surface area contributed by atoms with E-state index in [0.717, 1.165) is 11.4 Å². The van der Waals surface area contributed by atoms with Crippen molar-refractivity contribution in [3.05, 3.63) is 24.3 Å². The average molecular weight is 233 g/mol. The highest BCUT2D eigenvalue weighted by Crippen LogP contribution is 2.27. The molecule has 0 atom stereocenters. The normalized spacial score (nSPS) is 18.2. The van der Waals surface area contributed by atoms with Crippen molar-refractivity contribution in [1.29, 1.82) is 0 Å². The number of benzene rings is 1. The lowest BCUT2D eigenvalue weighted by Crippen LogP contribution is -2.20. The molecule has 1 fully saturated rings. The number of rotatable bonds is 3. The van der Waals surface area contributed by atoms with Crippen LogP contribution in [0.1, 0.15) is 44.9 Å².